The average molecular weight is 468 g/mol. The van der Waals surface area contributed by atoms with Crippen molar-refractivity contribution in [1.29, 1.82) is 0 Å². The summed E-state index contributed by atoms with van der Waals surface area (Å²) in [6.07, 6.45) is 2.82. The Bertz CT molecular complexity index is 1250. The highest BCUT2D eigenvalue weighted by atomic mass is 32.2. The van der Waals surface area contributed by atoms with Crippen LogP contribution in [-0.4, -0.2) is 29.7 Å². The minimum absolute atomic E-state index is 0.0152. The molecule has 0 aliphatic carbocycles. The van der Waals surface area contributed by atoms with Crippen LogP contribution < -0.4 is 5.32 Å². The lowest BCUT2D eigenvalue weighted by molar-refractivity contribution is -0.114. The van der Waals surface area contributed by atoms with Gasteiger partial charge in [0.05, 0.1) is 0 Å². The standard InChI is InChI=1S/C25H26FN3O3S/c1-17-8-12-24(19-6-4-3-5-7-19)33(31,32)29(17)16-22-10-9-20(14-23(22)26)21-11-13-25(27-15-21)28-18(2)30/h3-7,9-11,13-15,17,24H,8,12,16H2,1-2H3,(H,27,28,30)/t17-,24?/m0/s1. The molecular formula is C25H26FN3O3S. The molecule has 8 heteroatoms. The van der Waals surface area contributed by atoms with Gasteiger partial charge in [0.15, 0.2) is 0 Å². The summed E-state index contributed by atoms with van der Waals surface area (Å²) in [5.41, 5.74) is 2.40. The summed E-state index contributed by atoms with van der Waals surface area (Å²) in [5.74, 6) is -0.273. The molecule has 0 saturated carbocycles. The van der Waals surface area contributed by atoms with Crippen LogP contribution >= 0.6 is 0 Å². The minimum Gasteiger partial charge on any atom is -0.311 e. The van der Waals surface area contributed by atoms with Gasteiger partial charge in [-0.25, -0.2) is 17.8 Å². The van der Waals surface area contributed by atoms with Gasteiger partial charge in [-0.3, -0.25) is 4.79 Å². The highest BCUT2D eigenvalue weighted by Gasteiger charge is 2.40. The topological polar surface area (TPSA) is 79.4 Å². The third kappa shape index (κ3) is 4.96. The quantitative estimate of drug-likeness (QED) is 0.579. The molecule has 2 aromatic carbocycles. The zero-order chi connectivity index (χ0) is 23.6. The Hall–Kier alpha value is -3.10. The van der Waals surface area contributed by atoms with E-state index in [0.717, 1.165) is 5.56 Å². The van der Waals surface area contributed by atoms with E-state index in [1.54, 1.807) is 30.5 Å². The number of amides is 1. The molecule has 0 radical (unpaired) electrons. The van der Waals surface area contributed by atoms with Gasteiger partial charge in [0.25, 0.3) is 0 Å². The molecule has 2 heterocycles. The molecule has 1 fully saturated rings. The van der Waals surface area contributed by atoms with Crippen molar-refractivity contribution in [2.24, 2.45) is 0 Å². The lowest BCUT2D eigenvalue weighted by atomic mass is 10.0. The van der Waals surface area contributed by atoms with E-state index in [1.807, 2.05) is 37.3 Å². The first-order chi connectivity index (χ1) is 15.8. The second-order valence-electron chi connectivity index (χ2n) is 8.34. The van der Waals surface area contributed by atoms with Crippen LogP contribution in [0.5, 0.6) is 0 Å². The molecule has 33 heavy (non-hydrogen) atoms. The van der Waals surface area contributed by atoms with Gasteiger partial charge in [0.2, 0.25) is 15.9 Å². The highest BCUT2D eigenvalue weighted by Crippen LogP contribution is 2.38. The number of benzene rings is 2. The number of hydrogen-bond acceptors (Lipinski definition) is 4. The predicted molar refractivity (Wildman–Crippen MR) is 126 cm³/mol. The predicted octanol–water partition coefficient (Wildman–Crippen LogP) is 4.90. The van der Waals surface area contributed by atoms with Crippen LogP contribution in [0.25, 0.3) is 11.1 Å². The summed E-state index contributed by atoms with van der Waals surface area (Å²) in [7, 11) is -3.64. The molecular weight excluding hydrogens is 441 g/mol. The third-order valence-corrected chi connectivity index (χ3v) is 8.35. The van der Waals surface area contributed by atoms with Crippen LogP contribution in [-0.2, 0) is 21.4 Å². The van der Waals surface area contributed by atoms with Gasteiger partial charge in [0, 0.05) is 36.8 Å². The van der Waals surface area contributed by atoms with Gasteiger partial charge in [-0.1, -0.05) is 42.5 Å². The lowest BCUT2D eigenvalue weighted by Crippen LogP contribution is -2.44. The van der Waals surface area contributed by atoms with Gasteiger partial charge in [-0.15, -0.1) is 0 Å². The summed E-state index contributed by atoms with van der Waals surface area (Å²) in [6.45, 7) is 3.25. The highest BCUT2D eigenvalue weighted by molar-refractivity contribution is 7.89. The summed E-state index contributed by atoms with van der Waals surface area (Å²) in [4.78, 5) is 15.3. The Balaban J connectivity index is 1.56. The number of carbonyl (C=O) groups is 1. The van der Waals surface area contributed by atoms with E-state index in [1.165, 1.54) is 17.3 Å². The number of aromatic nitrogens is 1. The molecule has 3 aromatic rings. The van der Waals surface area contributed by atoms with E-state index in [4.69, 9.17) is 0 Å². The van der Waals surface area contributed by atoms with Crippen LogP contribution in [0.4, 0.5) is 10.2 Å². The first-order valence-corrected chi connectivity index (χ1v) is 12.3. The van der Waals surface area contributed by atoms with Crippen LogP contribution in [0.3, 0.4) is 0 Å². The molecule has 172 valence electrons. The number of anilines is 1. The summed E-state index contributed by atoms with van der Waals surface area (Å²) in [5, 5.41) is 1.97. The van der Waals surface area contributed by atoms with E-state index in [-0.39, 0.29) is 18.5 Å². The maximum Gasteiger partial charge on any atom is 0.222 e. The van der Waals surface area contributed by atoms with Gasteiger partial charge < -0.3 is 5.32 Å². The van der Waals surface area contributed by atoms with E-state index in [2.05, 4.69) is 10.3 Å². The van der Waals surface area contributed by atoms with Crippen molar-refractivity contribution in [2.75, 3.05) is 5.32 Å². The van der Waals surface area contributed by atoms with Crippen molar-refractivity contribution in [2.45, 2.75) is 44.5 Å². The molecule has 1 amide bonds. The molecule has 1 aromatic heterocycles. The van der Waals surface area contributed by atoms with Gasteiger partial charge in [0.1, 0.15) is 16.9 Å². The number of rotatable bonds is 5. The maximum atomic E-state index is 15.0. The Morgan fingerprint density at radius 1 is 1.09 bits per heavy atom. The monoisotopic (exact) mass is 467 g/mol. The number of halogens is 1. The van der Waals surface area contributed by atoms with Gasteiger partial charge in [-0.05, 0) is 49.1 Å². The zero-order valence-corrected chi connectivity index (χ0v) is 19.3. The number of carbonyl (C=O) groups excluding carboxylic acids is 1. The van der Waals surface area contributed by atoms with Crippen LogP contribution in [0.15, 0.2) is 66.9 Å². The van der Waals surface area contributed by atoms with E-state index in [9.17, 15) is 13.2 Å². The van der Waals surface area contributed by atoms with E-state index >= 15 is 4.39 Å². The minimum atomic E-state index is -3.64. The largest absolute Gasteiger partial charge is 0.311 e. The Morgan fingerprint density at radius 3 is 2.45 bits per heavy atom. The lowest BCUT2D eigenvalue weighted by Gasteiger charge is -2.37. The molecule has 2 atom stereocenters. The molecule has 1 unspecified atom stereocenters. The molecule has 1 aliphatic rings. The first-order valence-electron chi connectivity index (χ1n) is 10.8. The second kappa shape index (κ2) is 9.41. The van der Waals surface area contributed by atoms with E-state index in [0.29, 0.717) is 35.3 Å². The normalized spacial score (nSPS) is 20.3. The molecule has 0 spiro atoms. The van der Waals surface area contributed by atoms with Crippen molar-refractivity contribution >= 4 is 21.7 Å². The van der Waals surface area contributed by atoms with Crippen LogP contribution in [0, 0.1) is 5.82 Å². The molecule has 1 saturated heterocycles. The number of sulfonamides is 1. The maximum absolute atomic E-state index is 15.0. The number of nitrogens with zero attached hydrogens (tertiary/aromatic N) is 2. The Labute approximate surface area is 193 Å². The molecule has 6 nitrogen and oxygen atoms in total. The molecule has 1 N–H and O–H groups in total. The summed E-state index contributed by atoms with van der Waals surface area (Å²) < 4.78 is 43.3. The van der Waals surface area contributed by atoms with Crippen molar-refractivity contribution in [3.05, 3.63) is 83.8 Å². The third-order valence-electron chi connectivity index (χ3n) is 5.98. The number of hydrogen-bond donors (Lipinski definition) is 1. The zero-order valence-electron chi connectivity index (χ0n) is 18.5. The van der Waals surface area contributed by atoms with Crippen molar-refractivity contribution in [3.63, 3.8) is 0 Å². The number of nitrogens with one attached hydrogen (secondary N) is 1. The summed E-state index contributed by atoms with van der Waals surface area (Å²) in [6, 6.07) is 17.1. The Kier molecular flexibility index (Phi) is 6.58. The number of pyridine rings is 1. The smallest absolute Gasteiger partial charge is 0.222 e. The first kappa shape index (κ1) is 23.1. The Morgan fingerprint density at radius 2 is 1.82 bits per heavy atom. The fourth-order valence-electron chi connectivity index (χ4n) is 4.19. The van der Waals surface area contributed by atoms with Crippen LogP contribution in [0.1, 0.15) is 43.1 Å². The van der Waals surface area contributed by atoms with E-state index < -0.39 is 21.1 Å². The fraction of sp³-hybridized carbons (Fsp3) is 0.280. The SMILES string of the molecule is CC(=O)Nc1ccc(-c2ccc(CN3[C@@H](C)CCC(c4ccccc4)S3(=O)=O)c(F)c2)cn1. The average Bonchev–Trinajstić information content (AvgIpc) is 2.78. The van der Waals surface area contributed by atoms with Gasteiger partial charge >= 0.3 is 0 Å². The van der Waals surface area contributed by atoms with Crippen molar-refractivity contribution in [1.82, 2.24) is 9.29 Å². The van der Waals surface area contributed by atoms with Crippen molar-refractivity contribution in [3.8, 4) is 11.1 Å². The molecule has 1 aliphatic heterocycles. The van der Waals surface area contributed by atoms with Crippen LogP contribution in [0.2, 0.25) is 0 Å². The second-order valence-corrected chi connectivity index (χ2v) is 10.4. The fourth-order valence-corrected chi connectivity index (χ4v) is 6.38. The molecule has 0 bridgehead atoms. The summed E-state index contributed by atoms with van der Waals surface area (Å²) >= 11 is 0. The van der Waals surface area contributed by atoms with Gasteiger partial charge in [-0.2, -0.15) is 4.31 Å². The molecule has 4 rings (SSSR count). The van der Waals surface area contributed by atoms with Crippen molar-refractivity contribution < 1.29 is 17.6 Å².